The summed E-state index contributed by atoms with van der Waals surface area (Å²) in [7, 11) is 0. The van der Waals surface area contributed by atoms with Crippen LogP contribution in [0.2, 0.25) is 0 Å². The Kier molecular flexibility index (Phi) is 5.14. The molecule has 0 aliphatic carbocycles. The van der Waals surface area contributed by atoms with E-state index in [1.807, 2.05) is 54.6 Å². The number of nitrogens with zero attached hydrogens (tertiary/aromatic N) is 1. The number of amides is 1. The van der Waals surface area contributed by atoms with E-state index in [1.165, 1.54) is 6.92 Å². The van der Waals surface area contributed by atoms with Crippen molar-refractivity contribution in [3.05, 3.63) is 65.7 Å². The number of carboxylic acid groups (broad SMARTS) is 1. The van der Waals surface area contributed by atoms with Crippen LogP contribution in [-0.4, -0.2) is 35.0 Å². The lowest BCUT2D eigenvalue weighted by atomic mass is 9.89. The van der Waals surface area contributed by atoms with Crippen molar-refractivity contribution in [2.45, 2.75) is 19.4 Å². The molecule has 0 bridgehead atoms. The molecular formula is C20H22N2O3. The molecule has 5 heteroatoms. The number of carbonyl (C=O) groups is 2. The van der Waals surface area contributed by atoms with E-state index in [4.69, 9.17) is 0 Å². The first-order valence-electron chi connectivity index (χ1n) is 8.39. The zero-order valence-electron chi connectivity index (χ0n) is 14.2. The Labute approximate surface area is 147 Å². The second-order valence-electron chi connectivity index (χ2n) is 6.54. The van der Waals surface area contributed by atoms with Gasteiger partial charge in [0.15, 0.2) is 0 Å². The topological polar surface area (TPSA) is 69.6 Å². The maximum atomic E-state index is 11.7. The van der Waals surface area contributed by atoms with E-state index in [0.717, 1.165) is 16.8 Å². The fourth-order valence-corrected chi connectivity index (χ4v) is 3.51. The number of carboxylic acids is 1. The molecule has 3 rings (SSSR count). The van der Waals surface area contributed by atoms with E-state index in [1.54, 1.807) is 0 Å². The smallest absolute Gasteiger partial charge is 0.308 e. The van der Waals surface area contributed by atoms with Crippen LogP contribution in [0.5, 0.6) is 0 Å². The van der Waals surface area contributed by atoms with E-state index in [0.29, 0.717) is 19.6 Å². The Morgan fingerprint density at radius 3 is 2.56 bits per heavy atom. The Morgan fingerprint density at radius 1 is 1.12 bits per heavy atom. The van der Waals surface area contributed by atoms with Gasteiger partial charge >= 0.3 is 5.97 Å². The molecule has 25 heavy (non-hydrogen) atoms. The average Bonchev–Trinajstić information content (AvgIpc) is 2.99. The lowest BCUT2D eigenvalue weighted by molar-refractivity contribution is -0.141. The molecule has 1 aliphatic heterocycles. The minimum absolute atomic E-state index is 0.00257. The van der Waals surface area contributed by atoms with Crippen LogP contribution in [0.4, 0.5) is 5.69 Å². The zero-order chi connectivity index (χ0) is 17.8. The summed E-state index contributed by atoms with van der Waals surface area (Å²) < 4.78 is 0. The molecule has 0 aromatic heterocycles. The molecule has 5 nitrogen and oxygen atoms in total. The lowest BCUT2D eigenvalue weighted by Crippen LogP contribution is -2.23. The summed E-state index contributed by atoms with van der Waals surface area (Å²) in [5.74, 6) is -1.25. The van der Waals surface area contributed by atoms with E-state index in [9.17, 15) is 14.7 Å². The summed E-state index contributed by atoms with van der Waals surface area (Å²) in [6.45, 7) is 3.39. The monoisotopic (exact) mass is 338 g/mol. The van der Waals surface area contributed by atoms with Gasteiger partial charge in [-0.25, -0.2) is 0 Å². The summed E-state index contributed by atoms with van der Waals surface area (Å²) in [5, 5.41) is 12.4. The van der Waals surface area contributed by atoms with Crippen LogP contribution in [0.15, 0.2) is 54.6 Å². The zero-order valence-corrected chi connectivity index (χ0v) is 14.2. The summed E-state index contributed by atoms with van der Waals surface area (Å²) in [5.41, 5.74) is 2.90. The van der Waals surface area contributed by atoms with Crippen LogP contribution in [-0.2, 0) is 16.1 Å². The standard InChI is InChI=1S/C20H22N2O3/c1-14(23)21-17-9-5-6-15(10-17)11-22-12-18(19(13-22)20(24)25)16-7-3-2-4-8-16/h2-10,18-19H,11-13H2,1H3,(H,21,23)(H,24,25)/t18-,19+/m1/s1. The molecule has 130 valence electrons. The molecule has 2 atom stereocenters. The van der Waals surface area contributed by atoms with Crippen molar-refractivity contribution in [2.75, 3.05) is 18.4 Å². The van der Waals surface area contributed by atoms with Crippen molar-refractivity contribution < 1.29 is 14.7 Å². The van der Waals surface area contributed by atoms with Gasteiger partial charge in [-0.1, -0.05) is 42.5 Å². The van der Waals surface area contributed by atoms with E-state index < -0.39 is 11.9 Å². The number of nitrogens with one attached hydrogen (secondary N) is 1. The second kappa shape index (κ2) is 7.49. The largest absolute Gasteiger partial charge is 0.481 e. The first-order valence-corrected chi connectivity index (χ1v) is 8.39. The molecule has 1 aliphatic rings. The lowest BCUT2D eigenvalue weighted by Gasteiger charge is -2.17. The summed E-state index contributed by atoms with van der Waals surface area (Å²) in [6.07, 6.45) is 0. The van der Waals surface area contributed by atoms with Gasteiger partial charge in [-0.05, 0) is 23.3 Å². The van der Waals surface area contributed by atoms with E-state index in [2.05, 4.69) is 10.2 Å². The molecule has 1 amide bonds. The Balaban J connectivity index is 1.74. The third kappa shape index (κ3) is 4.25. The van der Waals surface area contributed by atoms with Crippen LogP contribution in [0.25, 0.3) is 0 Å². The quantitative estimate of drug-likeness (QED) is 0.879. The van der Waals surface area contributed by atoms with Gasteiger partial charge in [0.1, 0.15) is 0 Å². The highest BCUT2D eigenvalue weighted by Gasteiger charge is 2.38. The molecule has 2 aromatic carbocycles. The molecule has 1 heterocycles. The number of likely N-dealkylation sites (tertiary alicyclic amines) is 1. The Bertz CT molecular complexity index is 761. The van der Waals surface area contributed by atoms with Gasteiger partial charge in [-0.15, -0.1) is 0 Å². The number of anilines is 1. The van der Waals surface area contributed by atoms with Gasteiger partial charge in [0.2, 0.25) is 5.91 Å². The number of hydrogen-bond donors (Lipinski definition) is 2. The summed E-state index contributed by atoms with van der Waals surface area (Å²) in [4.78, 5) is 25.1. The van der Waals surface area contributed by atoms with Crippen molar-refractivity contribution >= 4 is 17.6 Å². The van der Waals surface area contributed by atoms with Gasteiger partial charge < -0.3 is 10.4 Å². The first-order chi connectivity index (χ1) is 12.0. The molecule has 1 fully saturated rings. The van der Waals surface area contributed by atoms with E-state index in [-0.39, 0.29) is 11.8 Å². The van der Waals surface area contributed by atoms with Crippen LogP contribution >= 0.6 is 0 Å². The van der Waals surface area contributed by atoms with Gasteiger partial charge in [0, 0.05) is 38.2 Å². The van der Waals surface area contributed by atoms with Gasteiger partial charge in [0.05, 0.1) is 5.92 Å². The predicted octanol–water partition coefficient (Wildman–Crippen LogP) is 2.95. The van der Waals surface area contributed by atoms with Crippen LogP contribution in [0.3, 0.4) is 0 Å². The van der Waals surface area contributed by atoms with Gasteiger partial charge in [0.25, 0.3) is 0 Å². The maximum absolute atomic E-state index is 11.7. The third-order valence-electron chi connectivity index (χ3n) is 4.59. The Morgan fingerprint density at radius 2 is 1.88 bits per heavy atom. The normalized spacial score (nSPS) is 20.4. The summed E-state index contributed by atoms with van der Waals surface area (Å²) >= 11 is 0. The SMILES string of the molecule is CC(=O)Nc1cccc(CN2C[C@H](C(=O)O)[C@@H](c3ccccc3)C2)c1. The molecular weight excluding hydrogens is 316 g/mol. The first kappa shape index (κ1) is 17.2. The van der Waals surface area contributed by atoms with Crippen molar-refractivity contribution in [1.29, 1.82) is 0 Å². The fourth-order valence-electron chi connectivity index (χ4n) is 3.51. The molecule has 2 aromatic rings. The number of benzene rings is 2. The highest BCUT2D eigenvalue weighted by molar-refractivity contribution is 5.88. The van der Waals surface area contributed by atoms with E-state index >= 15 is 0 Å². The predicted molar refractivity (Wildman–Crippen MR) is 96.3 cm³/mol. The second-order valence-corrected chi connectivity index (χ2v) is 6.54. The minimum Gasteiger partial charge on any atom is -0.481 e. The van der Waals surface area contributed by atoms with Crippen LogP contribution in [0, 0.1) is 5.92 Å². The fraction of sp³-hybridized carbons (Fsp3) is 0.300. The number of hydrogen-bond acceptors (Lipinski definition) is 3. The van der Waals surface area contributed by atoms with Crippen LogP contribution in [0.1, 0.15) is 24.0 Å². The van der Waals surface area contributed by atoms with Crippen molar-refractivity contribution in [3.8, 4) is 0 Å². The molecule has 0 saturated carbocycles. The highest BCUT2D eigenvalue weighted by Crippen LogP contribution is 2.33. The minimum atomic E-state index is -0.747. The molecule has 0 unspecified atom stereocenters. The van der Waals surface area contributed by atoms with Crippen molar-refractivity contribution in [2.24, 2.45) is 5.92 Å². The van der Waals surface area contributed by atoms with Gasteiger partial charge in [-0.3, -0.25) is 14.5 Å². The summed E-state index contributed by atoms with van der Waals surface area (Å²) in [6, 6.07) is 17.5. The number of rotatable bonds is 5. The Hall–Kier alpha value is -2.66. The van der Waals surface area contributed by atoms with Crippen LogP contribution < -0.4 is 5.32 Å². The maximum Gasteiger partial charge on any atom is 0.308 e. The van der Waals surface area contributed by atoms with Crippen molar-refractivity contribution in [3.63, 3.8) is 0 Å². The molecule has 0 radical (unpaired) electrons. The average molecular weight is 338 g/mol. The number of aliphatic carboxylic acids is 1. The van der Waals surface area contributed by atoms with Crippen molar-refractivity contribution in [1.82, 2.24) is 4.90 Å². The van der Waals surface area contributed by atoms with Gasteiger partial charge in [-0.2, -0.15) is 0 Å². The molecule has 2 N–H and O–H groups in total. The molecule has 0 spiro atoms. The molecule has 1 saturated heterocycles. The third-order valence-corrected chi connectivity index (χ3v) is 4.59. The number of carbonyl (C=O) groups excluding carboxylic acids is 1. The highest BCUT2D eigenvalue weighted by atomic mass is 16.4.